The van der Waals surface area contributed by atoms with E-state index in [4.69, 9.17) is 5.84 Å². The van der Waals surface area contributed by atoms with Crippen LogP contribution in [-0.4, -0.2) is 42.1 Å². The summed E-state index contributed by atoms with van der Waals surface area (Å²) in [6, 6.07) is 0. The van der Waals surface area contributed by atoms with Gasteiger partial charge in [-0.3, -0.25) is 5.43 Å². The minimum Gasteiger partial charge on any atom is -0.347 e. The molecule has 0 aromatic carbocycles. The van der Waals surface area contributed by atoms with Crippen molar-refractivity contribution in [1.29, 1.82) is 0 Å². The number of aromatic nitrogens is 3. The van der Waals surface area contributed by atoms with Crippen molar-refractivity contribution in [2.24, 2.45) is 5.84 Å². The molecule has 2 heterocycles. The molecule has 18 heavy (non-hydrogen) atoms. The highest BCUT2D eigenvalue weighted by molar-refractivity contribution is 5.44. The molecule has 1 aromatic heterocycles. The van der Waals surface area contributed by atoms with E-state index in [-0.39, 0.29) is 0 Å². The Balaban J connectivity index is 2.27. The second kappa shape index (κ2) is 5.81. The Kier molecular flexibility index (Phi) is 4.14. The number of anilines is 3. The summed E-state index contributed by atoms with van der Waals surface area (Å²) in [5.74, 6) is 7.15. The van der Waals surface area contributed by atoms with E-state index in [0.29, 0.717) is 17.8 Å². The van der Waals surface area contributed by atoms with Gasteiger partial charge in [0.15, 0.2) is 0 Å². The maximum absolute atomic E-state index is 5.41. The SMILES string of the molecule is CN(C)c1nc(NN)nc(N2CCCCCC2)n1. The first-order chi connectivity index (χ1) is 8.70. The van der Waals surface area contributed by atoms with Crippen LogP contribution in [0.15, 0.2) is 0 Å². The largest absolute Gasteiger partial charge is 0.347 e. The van der Waals surface area contributed by atoms with Gasteiger partial charge in [-0.1, -0.05) is 12.8 Å². The van der Waals surface area contributed by atoms with Gasteiger partial charge in [-0.15, -0.1) is 0 Å². The molecule has 0 radical (unpaired) electrons. The number of hydrogen-bond acceptors (Lipinski definition) is 7. The van der Waals surface area contributed by atoms with Gasteiger partial charge < -0.3 is 9.80 Å². The fourth-order valence-electron chi connectivity index (χ4n) is 2.03. The van der Waals surface area contributed by atoms with Gasteiger partial charge in [0.1, 0.15) is 0 Å². The van der Waals surface area contributed by atoms with Gasteiger partial charge >= 0.3 is 0 Å². The van der Waals surface area contributed by atoms with Gasteiger partial charge in [0.2, 0.25) is 17.8 Å². The van der Waals surface area contributed by atoms with Gasteiger partial charge in [0.25, 0.3) is 0 Å². The molecule has 1 fully saturated rings. The van der Waals surface area contributed by atoms with Crippen molar-refractivity contribution in [3.05, 3.63) is 0 Å². The average molecular weight is 251 g/mol. The summed E-state index contributed by atoms with van der Waals surface area (Å²) in [7, 11) is 3.81. The van der Waals surface area contributed by atoms with Crippen LogP contribution in [0.2, 0.25) is 0 Å². The van der Waals surface area contributed by atoms with E-state index in [0.717, 1.165) is 13.1 Å². The summed E-state index contributed by atoms with van der Waals surface area (Å²) < 4.78 is 0. The number of nitrogens with one attached hydrogen (secondary N) is 1. The Labute approximate surface area is 107 Å². The van der Waals surface area contributed by atoms with Crippen LogP contribution in [0, 0.1) is 0 Å². The van der Waals surface area contributed by atoms with E-state index in [1.165, 1.54) is 25.7 Å². The van der Waals surface area contributed by atoms with E-state index in [1.54, 1.807) is 0 Å². The smallest absolute Gasteiger partial charge is 0.243 e. The van der Waals surface area contributed by atoms with Crippen molar-refractivity contribution in [3.63, 3.8) is 0 Å². The second-order valence-corrected chi connectivity index (χ2v) is 4.70. The molecule has 7 heteroatoms. The number of rotatable bonds is 3. The van der Waals surface area contributed by atoms with Crippen molar-refractivity contribution in [2.45, 2.75) is 25.7 Å². The summed E-state index contributed by atoms with van der Waals surface area (Å²) in [6.07, 6.45) is 4.94. The molecular formula is C11H21N7. The molecule has 0 bridgehead atoms. The molecule has 7 nitrogen and oxygen atoms in total. The normalized spacial score (nSPS) is 16.3. The lowest BCUT2D eigenvalue weighted by Crippen LogP contribution is -2.28. The topological polar surface area (TPSA) is 83.2 Å². The van der Waals surface area contributed by atoms with Crippen LogP contribution in [0.5, 0.6) is 0 Å². The predicted molar refractivity (Wildman–Crippen MR) is 72.6 cm³/mol. The number of nitrogen functional groups attached to an aromatic ring is 1. The van der Waals surface area contributed by atoms with Crippen molar-refractivity contribution in [3.8, 4) is 0 Å². The number of nitrogens with zero attached hydrogens (tertiary/aromatic N) is 5. The monoisotopic (exact) mass is 251 g/mol. The van der Waals surface area contributed by atoms with Crippen LogP contribution >= 0.6 is 0 Å². The predicted octanol–water partition coefficient (Wildman–Crippen LogP) is 0.604. The Morgan fingerprint density at radius 2 is 1.72 bits per heavy atom. The molecule has 0 amide bonds. The summed E-state index contributed by atoms with van der Waals surface area (Å²) in [5.41, 5.74) is 2.50. The first-order valence-corrected chi connectivity index (χ1v) is 6.35. The molecule has 1 aliphatic rings. The molecule has 100 valence electrons. The minimum atomic E-state index is 0.410. The van der Waals surface area contributed by atoms with Gasteiger partial charge in [-0.2, -0.15) is 15.0 Å². The van der Waals surface area contributed by atoms with Gasteiger partial charge in [-0.05, 0) is 12.8 Å². The number of hydrogen-bond donors (Lipinski definition) is 2. The van der Waals surface area contributed by atoms with Crippen molar-refractivity contribution in [1.82, 2.24) is 15.0 Å². The van der Waals surface area contributed by atoms with Crippen molar-refractivity contribution < 1.29 is 0 Å². The zero-order valence-corrected chi connectivity index (χ0v) is 11.1. The molecule has 1 aromatic rings. The Bertz CT molecular complexity index is 385. The van der Waals surface area contributed by atoms with Crippen LogP contribution in [0.25, 0.3) is 0 Å². The number of hydrazine groups is 1. The lowest BCUT2D eigenvalue weighted by Gasteiger charge is -2.22. The van der Waals surface area contributed by atoms with E-state index >= 15 is 0 Å². The molecule has 0 aliphatic carbocycles. The number of nitrogens with two attached hydrogens (primary N) is 1. The maximum atomic E-state index is 5.41. The Morgan fingerprint density at radius 3 is 2.28 bits per heavy atom. The molecule has 0 atom stereocenters. The fourth-order valence-corrected chi connectivity index (χ4v) is 2.03. The van der Waals surface area contributed by atoms with Crippen LogP contribution in [0.1, 0.15) is 25.7 Å². The highest BCUT2D eigenvalue weighted by Gasteiger charge is 2.15. The maximum Gasteiger partial charge on any atom is 0.243 e. The molecule has 1 saturated heterocycles. The van der Waals surface area contributed by atoms with Crippen LogP contribution in [0.4, 0.5) is 17.8 Å². The van der Waals surface area contributed by atoms with Crippen molar-refractivity contribution >= 4 is 17.8 Å². The first-order valence-electron chi connectivity index (χ1n) is 6.35. The van der Waals surface area contributed by atoms with Crippen LogP contribution < -0.4 is 21.1 Å². The van der Waals surface area contributed by atoms with Crippen LogP contribution in [-0.2, 0) is 0 Å². The molecule has 0 unspecified atom stereocenters. The van der Waals surface area contributed by atoms with E-state index < -0.39 is 0 Å². The van der Waals surface area contributed by atoms with Gasteiger partial charge in [-0.25, -0.2) is 5.84 Å². The zero-order chi connectivity index (χ0) is 13.0. The zero-order valence-electron chi connectivity index (χ0n) is 11.1. The average Bonchev–Trinajstić information content (AvgIpc) is 2.67. The highest BCUT2D eigenvalue weighted by atomic mass is 15.4. The van der Waals surface area contributed by atoms with E-state index in [2.05, 4.69) is 25.3 Å². The Hall–Kier alpha value is -1.63. The van der Waals surface area contributed by atoms with E-state index in [1.807, 2.05) is 19.0 Å². The summed E-state index contributed by atoms with van der Waals surface area (Å²) in [4.78, 5) is 17.1. The Morgan fingerprint density at radius 1 is 1.06 bits per heavy atom. The van der Waals surface area contributed by atoms with Crippen LogP contribution in [0.3, 0.4) is 0 Å². The lowest BCUT2D eigenvalue weighted by molar-refractivity contribution is 0.726. The summed E-state index contributed by atoms with van der Waals surface area (Å²) in [5, 5.41) is 0. The first kappa shape index (κ1) is 12.8. The highest BCUT2D eigenvalue weighted by Crippen LogP contribution is 2.18. The molecule has 2 rings (SSSR count). The standard InChI is InChI=1S/C11H21N7/c1-17(2)10-13-9(16-12)14-11(15-10)18-7-5-3-4-6-8-18/h3-8,12H2,1-2H3,(H,13,14,15,16). The lowest BCUT2D eigenvalue weighted by atomic mass is 10.2. The third kappa shape index (κ3) is 2.98. The quantitative estimate of drug-likeness (QED) is 0.601. The summed E-state index contributed by atoms with van der Waals surface area (Å²) in [6.45, 7) is 2.00. The van der Waals surface area contributed by atoms with Crippen molar-refractivity contribution in [2.75, 3.05) is 42.4 Å². The molecule has 3 N–H and O–H groups in total. The summed E-state index contributed by atoms with van der Waals surface area (Å²) >= 11 is 0. The molecule has 1 aliphatic heterocycles. The third-order valence-electron chi connectivity index (χ3n) is 3.03. The second-order valence-electron chi connectivity index (χ2n) is 4.70. The fraction of sp³-hybridized carbons (Fsp3) is 0.727. The molecule has 0 saturated carbocycles. The third-order valence-corrected chi connectivity index (χ3v) is 3.03. The van der Waals surface area contributed by atoms with Gasteiger partial charge in [0.05, 0.1) is 0 Å². The van der Waals surface area contributed by atoms with E-state index in [9.17, 15) is 0 Å². The minimum absolute atomic E-state index is 0.410. The molecule has 0 spiro atoms. The van der Waals surface area contributed by atoms with Gasteiger partial charge in [0, 0.05) is 27.2 Å². The molecular weight excluding hydrogens is 230 g/mol.